The van der Waals surface area contributed by atoms with Gasteiger partial charge in [-0.05, 0) is 69.2 Å². The first-order chi connectivity index (χ1) is 18.3. The molecular formula is C27H35N9O. The SMILES string of the molecule is c1ncc(N2CCCC2)cc1-c1cn(C2(c3ccc(N4CCC[C@@H](NCC5CC5)C4)nn3)COC2)nn1. The van der Waals surface area contributed by atoms with Crippen molar-refractivity contribution >= 4 is 11.5 Å². The van der Waals surface area contributed by atoms with Gasteiger partial charge >= 0.3 is 0 Å². The van der Waals surface area contributed by atoms with E-state index >= 15 is 0 Å². The molecule has 3 saturated heterocycles. The van der Waals surface area contributed by atoms with E-state index in [-0.39, 0.29) is 0 Å². The van der Waals surface area contributed by atoms with Crippen molar-refractivity contribution in [2.75, 3.05) is 55.7 Å². The number of hydrogen-bond acceptors (Lipinski definition) is 9. The monoisotopic (exact) mass is 501 g/mol. The zero-order chi connectivity index (χ0) is 24.7. The van der Waals surface area contributed by atoms with Crippen molar-refractivity contribution in [1.82, 2.24) is 35.5 Å². The number of ether oxygens (including phenoxy) is 1. The predicted molar refractivity (Wildman–Crippen MR) is 141 cm³/mol. The molecule has 3 aromatic rings. The molecule has 1 saturated carbocycles. The average molecular weight is 502 g/mol. The van der Waals surface area contributed by atoms with Gasteiger partial charge in [-0.3, -0.25) is 4.98 Å². The zero-order valence-corrected chi connectivity index (χ0v) is 21.3. The van der Waals surface area contributed by atoms with E-state index in [1.807, 2.05) is 23.3 Å². The number of anilines is 2. The highest BCUT2D eigenvalue weighted by molar-refractivity contribution is 5.63. The summed E-state index contributed by atoms with van der Waals surface area (Å²) < 4.78 is 7.57. The van der Waals surface area contributed by atoms with Crippen LogP contribution in [0.4, 0.5) is 11.5 Å². The first-order valence-corrected chi connectivity index (χ1v) is 13.8. The van der Waals surface area contributed by atoms with Gasteiger partial charge < -0.3 is 19.9 Å². The fourth-order valence-corrected chi connectivity index (χ4v) is 5.76. The lowest BCUT2D eigenvalue weighted by atomic mass is 9.93. The Labute approximate surface area is 217 Å². The second-order valence-corrected chi connectivity index (χ2v) is 11.1. The van der Waals surface area contributed by atoms with Crippen molar-refractivity contribution in [3.8, 4) is 11.3 Å². The van der Waals surface area contributed by atoms with E-state index in [1.54, 1.807) is 0 Å². The highest BCUT2D eigenvalue weighted by Gasteiger charge is 2.45. The Morgan fingerprint density at radius 3 is 2.57 bits per heavy atom. The first-order valence-electron chi connectivity index (χ1n) is 13.8. The van der Waals surface area contributed by atoms with Gasteiger partial charge in [0.2, 0.25) is 0 Å². The minimum absolute atomic E-state index is 0.479. The number of nitrogens with one attached hydrogen (secondary N) is 1. The molecule has 0 aromatic carbocycles. The van der Waals surface area contributed by atoms with E-state index in [0.29, 0.717) is 19.3 Å². The fraction of sp³-hybridized carbons (Fsp3) is 0.593. The molecule has 1 atom stereocenters. The van der Waals surface area contributed by atoms with Crippen molar-refractivity contribution in [1.29, 1.82) is 0 Å². The van der Waals surface area contributed by atoms with Crippen LogP contribution in [0.5, 0.6) is 0 Å². The Bertz CT molecular complexity index is 1210. The molecule has 3 aromatic heterocycles. The average Bonchev–Trinajstić information content (AvgIpc) is 3.36. The number of nitrogens with zero attached hydrogens (tertiary/aromatic N) is 8. The molecule has 3 aliphatic heterocycles. The van der Waals surface area contributed by atoms with Crippen LogP contribution in [0.15, 0.2) is 36.8 Å². The quantitative estimate of drug-likeness (QED) is 0.499. The largest absolute Gasteiger partial charge is 0.375 e. The highest BCUT2D eigenvalue weighted by atomic mass is 16.5. The normalized spacial score (nSPS) is 23.3. The summed E-state index contributed by atoms with van der Waals surface area (Å²) in [7, 11) is 0. The molecule has 10 nitrogen and oxygen atoms in total. The van der Waals surface area contributed by atoms with Crippen LogP contribution in [-0.2, 0) is 10.3 Å². The summed E-state index contributed by atoms with van der Waals surface area (Å²) >= 11 is 0. The van der Waals surface area contributed by atoms with Gasteiger partial charge in [-0.2, -0.15) is 5.10 Å². The Kier molecular flexibility index (Phi) is 6.01. The second kappa shape index (κ2) is 9.64. The summed E-state index contributed by atoms with van der Waals surface area (Å²) in [4.78, 5) is 9.22. The zero-order valence-electron chi connectivity index (χ0n) is 21.3. The predicted octanol–water partition coefficient (Wildman–Crippen LogP) is 2.47. The van der Waals surface area contributed by atoms with E-state index < -0.39 is 5.54 Å². The molecule has 0 amide bonds. The summed E-state index contributed by atoms with van der Waals surface area (Å²) in [5.74, 6) is 1.85. The number of aromatic nitrogens is 6. The molecular weight excluding hydrogens is 466 g/mol. The van der Waals surface area contributed by atoms with Gasteiger partial charge in [-0.1, -0.05) is 5.21 Å². The lowest BCUT2D eigenvalue weighted by Crippen LogP contribution is -2.53. The smallest absolute Gasteiger partial charge is 0.154 e. The van der Waals surface area contributed by atoms with Crippen LogP contribution in [0, 0.1) is 5.92 Å². The van der Waals surface area contributed by atoms with Gasteiger partial charge in [-0.15, -0.1) is 10.2 Å². The maximum Gasteiger partial charge on any atom is 0.154 e. The summed E-state index contributed by atoms with van der Waals surface area (Å²) in [6, 6.07) is 6.89. The van der Waals surface area contributed by atoms with E-state index in [0.717, 1.165) is 67.1 Å². The van der Waals surface area contributed by atoms with Gasteiger partial charge in [0.15, 0.2) is 11.4 Å². The van der Waals surface area contributed by atoms with Gasteiger partial charge in [-0.25, -0.2) is 4.68 Å². The lowest BCUT2D eigenvalue weighted by Gasteiger charge is -2.40. The third-order valence-electron chi connectivity index (χ3n) is 8.37. The van der Waals surface area contributed by atoms with Gasteiger partial charge in [0.25, 0.3) is 0 Å². The molecule has 0 radical (unpaired) electrons. The molecule has 7 rings (SSSR count). The summed E-state index contributed by atoms with van der Waals surface area (Å²) in [5, 5.41) is 22.1. The van der Waals surface area contributed by atoms with E-state index in [2.05, 4.69) is 58.8 Å². The molecule has 1 aliphatic carbocycles. The summed E-state index contributed by atoms with van der Waals surface area (Å²) in [6.07, 6.45) is 13.4. The molecule has 4 fully saturated rings. The standard InChI is InChI=1S/C27H35N9O/c1-2-10-34(9-1)23-12-21(14-28-15-23)24-17-36(33-30-24)27(18-37-19-27)25-7-8-26(32-31-25)35-11-3-4-22(16-35)29-13-20-5-6-20/h7-8,12,14-15,17,20,22,29H,1-6,9-11,13,16,18-19H2/t22-/m1/s1. The number of hydrogen-bond donors (Lipinski definition) is 1. The van der Waals surface area contributed by atoms with Crippen LogP contribution in [0.2, 0.25) is 0 Å². The Morgan fingerprint density at radius 2 is 1.81 bits per heavy atom. The second-order valence-electron chi connectivity index (χ2n) is 11.1. The third kappa shape index (κ3) is 4.57. The van der Waals surface area contributed by atoms with Crippen LogP contribution >= 0.6 is 0 Å². The van der Waals surface area contributed by atoms with Gasteiger partial charge in [0, 0.05) is 44.0 Å². The maximum absolute atomic E-state index is 5.67. The minimum Gasteiger partial charge on any atom is -0.375 e. The van der Waals surface area contributed by atoms with Crippen molar-refractivity contribution in [3.63, 3.8) is 0 Å². The summed E-state index contributed by atoms with van der Waals surface area (Å²) in [6.45, 7) is 6.36. The fourth-order valence-electron chi connectivity index (χ4n) is 5.76. The first kappa shape index (κ1) is 23.0. The summed E-state index contributed by atoms with van der Waals surface area (Å²) in [5.41, 5.74) is 3.32. The number of piperidine rings is 1. The third-order valence-corrected chi connectivity index (χ3v) is 8.37. The minimum atomic E-state index is -0.479. The van der Waals surface area contributed by atoms with Crippen molar-refractivity contribution in [3.05, 3.63) is 42.5 Å². The molecule has 0 spiro atoms. The van der Waals surface area contributed by atoms with Gasteiger partial charge in [0.1, 0.15) is 5.69 Å². The maximum atomic E-state index is 5.67. The molecule has 37 heavy (non-hydrogen) atoms. The van der Waals surface area contributed by atoms with Gasteiger partial charge in [0.05, 0.1) is 37.0 Å². The molecule has 1 N–H and O–H groups in total. The van der Waals surface area contributed by atoms with Crippen LogP contribution in [0.25, 0.3) is 11.3 Å². The molecule has 6 heterocycles. The molecule has 0 unspecified atom stereocenters. The van der Waals surface area contributed by atoms with Crippen molar-refractivity contribution < 1.29 is 4.74 Å². The Hall–Kier alpha value is -3.11. The van der Waals surface area contributed by atoms with Crippen LogP contribution in [0.3, 0.4) is 0 Å². The van der Waals surface area contributed by atoms with E-state index in [1.165, 1.54) is 38.5 Å². The topological polar surface area (TPSA) is 97.1 Å². The van der Waals surface area contributed by atoms with Crippen molar-refractivity contribution in [2.24, 2.45) is 5.92 Å². The molecule has 0 bridgehead atoms. The van der Waals surface area contributed by atoms with Crippen LogP contribution in [0.1, 0.15) is 44.2 Å². The number of rotatable bonds is 8. The van der Waals surface area contributed by atoms with E-state index in [9.17, 15) is 0 Å². The molecule has 4 aliphatic rings. The lowest BCUT2D eigenvalue weighted by molar-refractivity contribution is -0.0855. The van der Waals surface area contributed by atoms with Crippen molar-refractivity contribution in [2.45, 2.75) is 50.1 Å². The highest BCUT2D eigenvalue weighted by Crippen LogP contribution is 2.34. The van der Waals surface area contributed by atoms with E-state index in [4.69, 9.17) is 4.74 Å². The Morgan fingerprint density at radius 1 is 0.946 bits per heavy atom. The van der Waals surface area contributed by atoms with Crippen LogP contribution < -0.4 is 15.1 Å². The number of pyridine rings is 1. The molecule has 194 valence electrons. The molecule has 10 heteroatoms. The van der Waals surface area contributed by atoms with Crippen LogP contribution in [-0.4, -0.2) is 82.2 Å². The Balaban J connectivity index is 1.08.